The molecule has 2 saturated heterocycles. The minimum absolute atomic E-state index is 0.0718. The van der Waals surface area contributed by atoms with Crippen LogP contribution in [0.25, 0.3) is 22.3 Å². The second-order valence-corrected chi connectivity index (χ2v) is 30.6. The van der Waals surface area contributed by atoms with E-state index < -0.39 is 254 Å². The van der Waals surface area contributed by atoms with Crippen LogP contribution in [-0.4, -0.2) is 191 Å². The Morgan fingerprint density at radius 2 is 1.27 bits per heavy atom. The monoisotopic (exact) mass is 1680 g/mol. The number of alkyl halides is 3. The van der Waals surface area contributed by atoms with Gasteiger partial charge in [-0.2, -0.15) is 13.2 Å². The molecule has 0 spiro atoms. The summed E-state index contributed by atoms with van der Waals surface area (Å²) in [6.45, 7) is 5.82. The molecule has 14 rings (SSSR count). The molecule has 2 fully saturated rings. The van der Waals surface area contributed by atoms with Gasteiger partial charge in [0.05, 0.1) is 46.9 Å². The van der Waals surface area contributed by atoms with Crippen LogP contribution >= 0.6 is 23.2 Å². The van der Waals surface area contributed by atoms with Gasteiger partial charge in [-0.05, 0) is 139 Å². The fourth-order valence-electron chi connectivity index (χ4n) is 14.6. The van der Waals surface area contributed by atoms with E-state index in [2.05, 4.69) is 42.5 Å². The smallest absolute Gasteiger partial charge is 0.416 e. The van der Waals surface area contributed by atoms with Crippen molar-refractivity contribution in [2.75, 3.05) is 13.7 Å². The number of hydrogen-bond acceptors (Lipinski definition) is 25. The number of carboxylic acids is 1. The zero-order valence-electron chi connectivity index (χ0n) is 63.2. The highest BCUT2D eigenvalue weighted by molar-refractivity contribution is 6.32. The average molecular weight is 1680 g/mol. The molecule has 33 nitrogen and oxygen atoms in total. The molecule has 0 saturated carbocycles. The van der Waals surface area contributed by atoms with Gasteiger partial charge >= 0.3 is 12.1 Å². The number of aliphatic hydroxyl groups is 6. The van der Waals surface area contributed by atoms with Gasteiger partial charge in [-0.15, -0.1) is 0 Å². The van der Waals surface area contributed by atoms with E-state index in [-0.39, 0.29) is 47.7 Å². The van der Waals surface area contributed by atoms with E-state index in [1.54, 1.807) is 31.2 Å². The summed E-state index contributed by atoms with van der Waals surface area (Å²) >= 11 is 14.3. The molecule has 7 aliphatic heterocycles. The van der Waals surface area contributed by atoms with Gasteiger partial charge in [0.2, 0.25) is 53.4 Å². The van der Waals surface area contributed by atoms with Crippen molar-refractivity contribution in [1.29, 1.82) is 0 Å². The van der Waals surface area contributed by atoms with Crippen molar-refractivity contribution in [1.82, 2.24) is 42.5 Å². The van der Waals surface area contributed by atoms with E-state index in [4.69, 9.17) is 57.4 Å². The molecule has 7 aliphatic rings. The van der Waals surface area contributed by atoms with Crippen LogP contribution in [0.4, 0.5) is 13.2 Å². The number of primary amides is 1. The number of carboxylic acid groups (broad SMARTS) is 1. The molecule has 0 aliphatic carbocycles. The molecule has 11 bridgehead atoms. The number of amides is 7. The molecule has 18 atom stereocenters. The fraction of sp³-hybridized carbons (Fsp3) is 0.375. The summed E-state index contributed by atoms with van der Waals surface area (Å²) in [7, 11) is 1.46. The van der Waals surface area contributed by atoms with Crippen LogP contribution in [0.5, 0.6) is 46.0 Å². The minimum Gasteiger partial charge on any atom is -0.508 e. The number of carbonyl (C=O) groups excluding carboxylic acids is 7. The van der Waals surface area contributed by atoms with Crippen molar-refractivity contribution in [2.45, 2.75) is 169 Å². The average Bonchev–Trinajstić information content (AvgIpc) is 0.766. The van der Waals surface area contributed by atoms with Gasteiger partial charge < -0.3 is 128 Å². The first kappa shape index (κ1) is 86.4. The Kier molecular flexibility index (Phi) is 25.8. The lowest BCUT2D eigenvalue weighted by molar-refractivity contribution is -0.334. The van der Waals surface area contributed by atoms with E-state index in [0.717, 1.165) is 78.9 Å². The molecule has 0 radical (unpaired) electrons. The first-order valence-corrected chi connectivity index (χ1v) is 37.8. The van der Waals surface area contributed by atoms with E-state index in [0.29, 0.717) is 16.7 Å². The third-order valence-electron chi connectivity index (χ3n) is 20.9. The summed E-state index contributed by atoms with van der Waals surface area (Å²) in [5.74, 6) is -16.4. The van der Waals surface area contributed by atoms with Gasteiger partial charge in [-0.25, -0.2) is 4.79 Å². The van der Waals surface area contributed by atoms with Crippen molar-refractivity contribution in [3.8, 4) is 68.2 Å². The number of ether oxygens (including phenoxy) is 6. The van der Waals surface area contributed by atoms with Crippen LogP contribution in [0.2, 0.25) is 10.0 Å². The highest BCUT2D eigenvalue weighted by Crippen LogP contribution is 2.50. The zero-order valence-corrected chi connectivity index (χ0v) is 64.7. The maximum Gasteiger partial charge on any atom is 0.416 e. The fourth-order valence-corrected chi connectivity index (χ4v) is 15.1. The second kappa shape index (κ2) is 35.3. The molecule has 0 aromatic heterocycles. The van der Waals surface area contributed by atoms with E-state index >= 15 is 14.4 Å². The highest BCUT2D eigenvalue weighted by Gasteiger charge is 2.52. The Balaban J connectivity index is 1.02. The molecule has 628 valence electrons. The van der Waals surface area contributed by atoms with Crippen molar-refractivity contribution in [3.05, 3.63) is 176 Å². The molecule has 7 aromatic rings. The Labute approximate surface area is 679 Å². The lowest BCUT2D eigenvalue weighted by atomic mass is 9.84. The van der Waals surface area contributed by atoms with Gasteiger partial charge in [0, 0.05) is 41.3 Å². The maximum absolute atomic E-state index is 16.2. The number of hydrogen-bond donors (Lipinski definition) is 19. The summed E-state index contributed by atoms with van der Waals surface area (Å²) in [6.07, 6.45) is -23.9. The third kappa shape index (κ3) is 18.6. The maximum atomic E-state index is 16.2. The molecule has 0 unspecified atom stereocenters. The minimum atomic E-state index is -4.55. The number of nitrogens with one attached hydrogen (secondary N) is 8. The van der Waals surface area contributed by atoms with Crippen LogP contribution in [-0.2, 0) is 65.3 Å². The number of rotatable bonds is 17. The summed E-state index contributed by atoms with van der Waals surface area (Å²) in [5, 5.41) is 136. The number of nitrogens with two attached hydrogens (primary N) is 1. The van der Waals surface area contributed by atoms with Crippen molar-refractivity contribution in [3.63, 3.8) is 0 Å². The number of aromatic hydroxyl groups is 3. The molecule has 7 amide bonds. The number of aliphatic carboxylic acids is 1. The summed E-state index contributed by atoms with van der Waals surface area (Å²) in [5.41, 5.74) is 2.37. The molecular weight excluding hydrogens is 1600 g/mol. The normalized spacial score (nSPS) is 27.0. The van der Waals surface area contributed by atoms with Crippen LogP contribution in [0.15, 0.2) is 127 Å². The highest BCUT2D eigenvalue weighted by atomic mass is 35.5. The number of aliphatic hydroxyl groups excluding tert-OH is 6. The van der Waals surface area contributed by atoms with Gasteiger partial charge in [-0.1, -0.05) is 91.6 Å². The first-order chi connectivity index (χ1) is 55.8. The Morgan fingerprint density at radius 3 is 1.86 bits per heavy atom. The van der Waals surface area contributed by atoms with Gasteiger partial charge in [0.25, 0.3) is 0 Å². The predicted octanol–water partition coefficient (Wildman–Crippen LogP) is 4.62. The Morgan fingerprint density at radius 1 is 0.678 bits per heavy atom. The summed E-state index contributed by atoms with van der Waals surface area (Å²) in [4.78, 5) is 118. The third-order valence-corrected chi connectivity index (χ3v) is 21.5. The molecule has 38 heteroatoms. The number of benzene rings is 7. The SMILES string of the molecule is CN[C@H](CC(C)C)C(=O)N[C@H]1C(=O)N[C@@H](CC(N)=O)C(=O)N[C@H]2C(=O)N[C@H]3C(=O)N[C@H](C(=O)N[C@H](C(=O)O)c4cc(O)cc(O)c4-c4cc3ccc4O)[C@H](O)c3ccc(c(Cl)c3)Oc3cc2cc(c3O[C@@H]2O[C@H](CO)[C@@H](O)[C@H](O)[C@H]2O[C@H]2C[C@](C)(NCc3ccc(-c4ccc(C(F)(F)F)cc4)cc3)[C@H](O)[C@H](C)O2)Oc2ccc(cc2Cl)[C@H]1O. The number of halogens is 5. The van der Waals surface area contributed by atoms with Crippen LogP contribution in [0, 0.1) is 5.92 Å². The Hall–Kier alpha value is -11.0. The standard InChI is InChI=1S/C80H84Cl2F3N9O24/c1-32(2)20-47(87-5)71(105)93-62-64(100)38-13-18-51(45(81)22-38)114-53-24-40-25-54(68(53)118-78-69(67(103)66(102)55(31-95)116-78)117-57-29-79(4,70(104)33(3)113-57)88-30-34-6-8-35(9-7-34)36-10-15-41(16-11-36)80(83,84)85)115-52-19-14-39(23-46(52)82)65(101)63-76(110)92-61(77(111)112)44-26-42(96)27-50(98)58(44)43-21-37(12-17-49(43)97)59(73(107)94-63)91-74(108)60(40)90-72(106)48(28-56(86)99)89-75(62)109/h6-19,21-27,32-33,47-48,55,57,59-67,69-70,78,87-88,95-98,100-104H,20,28-31H2,1-5H3,(H2,86,99)(H,89,109)(H,90,106)(H,91,108)(H,92,110)(H,93,105)(H,94,107)(H,111,112)/t33-,47+,48-,55+,57-,59+,60+,61-,62+,63-,64+,65+,66+,67-,69+,70+,78-,79-/m0/s1. The van der Waals surface area contributed by atoms with Crippen molar-refractivity contribution in [2.24, 2.45) is 11.7 Å². The molecule has 118 heavy (non-hydrogen) atoms. The number of phenolic OH excluding ortho intramolecular Hbond substituents is 3. The number of fused-ring (bicyclic) bond motifs is 15. The zero-order chi connectivity index (χ0) is 85.4. The van der Waals surface area contributed by atoms with Crippen LogP contribution in [0.3, 0.4) is 0 Å². The molecule has 20 N–H and O–H groups in total. The van der Waals surface area contributed by atoms with Gasteiger partial charge in [0.15, 0.2) is 29.9 Å². The first-order valence-electron chi connectivity index (χ1n) is 37.0. The topological polar surface area (TPSA) is 517 Å². The number of likely N-dealkylation sites (N-methyl/N-ethyl adjacent to an activating group) is 1. The van der Waals surface area contributed by atoms with Gasteiger partial charge in [0.1, 0.15) is 89.5 Å². The van der Waals surface area contributed by atoms with Gasteiger partial charge in [-0.3, -0.25) is 33.6 Å². The van der Waals surface area contributed by atoms with Crippen LogP contribution in [0.1, 0.15) is 116 Å². The quantitative estimate of drug-likeness (QED) is 0.0591. The van der Waals surface area contributed by atoms with E-state index in [9.17, 15) is 88.2 Å². The largest absolute Gasteiger partial charge is 0.508 e. The second-order valence-electron chi connectivity index (χ2n) is 29.8. The summed E-state index contributed by atoms with van der Waals surface area (Å²) in [6, 6.07) is 10.4. The predicted molar refractivity (Wildman–Crippen MR) is 409 cm³/mol. The molecule has 7 aromatic carbocycles. The van der Waals surface area contributed by atoms with Crippen LogP contribution < -0.4 is 62.5 Å². The lowest BCUT2D eigenvalue weighted by Crippen LogP contribution is -2.65. The lowest BCUT2D eigenvalue weighted by Gasteiger charge is -2.48. The summed E-state index contributed by atoms with van der Waals surface area (Å²) < 4.78 is 79.5. The molecule has 7 heterocycles. The van der Waals surface area contributed by atoms with Crippen molar-refractivity contribution < 1.29 is 131 Å². The Bertz CT molecular complexity index is 5020. The van der Waals surface area contributed by atoms with E-state index in [1.165, 1.54) is 38.2 Å². The van der Waals surface area contributed by atoms with Crippen molar-refractivity contribution >= 4 is 70.5 Å². The number of carbonyl (C=O) groups is 8. The molecular formula is C80H84Cl2F3N9O24. The number of phenols is 3. The van der Waals surface area contributed by atoms with E-state index in [1.807, 2.05) is 13.8 Å².